The van der Waals surface area contributed by atoms with Gasteiger partial charge < -0.3 is 14.7 Å². The molecule has 0 aliphatic heterocycles. The van der Waals surface area contributed by atoms with Crippen LogP contribution < -0.4 is 14.7 Å². The molecule has 71 heavy (non-hydrogen) atoms. The molecule has 0 aliphatic carbocycles. The Labute approximate surface area is 417 Å². The van der Waals surface area contributed by atoms with Gasteiger partial charge in [0.05, 0.1) is 0 Å². The van der Waals surface area contributed by atoms with Crippen molar-refractivity contribution in [1.29, 1.82) is 0 Å². The van der Waals surface area contributed by atoms with E-state index in [1.165, 1.54) is 0 Å². The molecule has 9 aromatic carbocycles. The minimum atomic E-state index is -5.07. The van der Waals surface area contributed by atoms with Crippen LogP contribution in [-0.4, -0.2) is 0 Å². The summed E-state index contributed by atoms with van der Waals surface area (Å²) in [7, 11) is -5.07. The highest BCUT2D eigenvalue weighted by Crippen LogP contribution is 2.54. The number of rotatable bonds is 18. The monoisotopic (exact) mass is 956 g/mol. The first-order valence-electron chi connectivity index (χ1n) is 23.8. The van der Waals surface area contributed by atoms with Crippen molar-refractivity contribution in [2.24, 2.45) is 0 Å². The molecule has 9 aromatic rings. The highest BCUT2D eigenvalue weighted by molar-refractivity contribution is 7.48. The molecule has 7 nitrogen and oxygen atoms in total. The Morgan fingerprint density at radius 1 is 0.296 bits per heavy atom. The smallest absolute Gasteiger partial charge is 0.327 e. The summed E-state index contributed by atoms with van der Waals surface area (Å²) >= 11 is 0. The van der Waals surface area contributed by atoms with Crippen LogP contribution in [0.25, 0.3) is 0 Å². The summed E-state index contributed by atoms with van der Waals surface area (Å²) in [6.45, 7) is 12.4. The number of aryl methyl sites for hydroxylation is 3. The second kappa shape index (κ2) is 20.8. The Hall–Kier alpha value is -7.51. The molecule has 0 aliphatic rings. The second-order valence-electron chi connectivity index (χ2n) is 18.5. The van der Waals surface area contributed by atoms with E-state index in [1.54, 1.807) is 18.2 Å². The van der Waals surface area contributed by atoms with Gasteiger partial charge in [0.25, 0.3) is 0 Å². The third-order valence-corrected chi connectivity index (χ3v) is 14.6. The lowest BCUT2D eigenvalue weighted by molar-refractivity contribution is -0.238. The first-order chi connectivity index (χ1) is 34.4. The first kappa shape index (κ1) is 48.5. The first-order valence-corrected chi connectivity index (χ1v) is 25.2. The number of phosphoric acid groups is 1. The van der Waals surface area contributed by atoms with E-state index < -0.39 is 24.1 Å². The minimum absolute atomic E-state index is 0.270. The van der Waals surface area contributed by atoms with Crippen molar-refractivity contribution < 1.29 is 33.3 Å². The Balaban J connectivity index is 1.14. The average Bonchev–Trinajstić information content (AvgIpc) is 3.42. The van der Waals surface area contributed by atoms with Crippen molar-refractivity contribution in [3.8, 4) is 17.2 Å². The van der Waals surface area contributed by atoms with E-state index in [0.29, 0.717) is 0 Å². The molecule has 0 saturated carbocycles. The third-order valence-electron chi connectivity index (χ3n) is 13.8. The molecule has 8 heteroatoms. The highest BCUT2D eigenvalue weighted by atomic mass is 31.2. The molecule has 0 N–H and O–H groups in total. The van der Waals surface area contributed by atoms with Crippen LogP contribution in [0.3, 0.4) is 0 Å². The van der Waals surface area contributed by atoms with E-state index >= 15 is 4.57 Å². The van der Waals surface area contributed by atoms with Gasteiger partial charge in [0, 0.05) is 32.9 Å². The van der Waals surface area contributed by atoms with Gasteiger partial charge in [-0.15, -0.1) is 0 Å². The molecule has 356 valence electrons. The van der Waals surface area contributed by atoms with E-state index in [4.69, 9.17) is 28.7 Å². The molecule has 0 amide bonds. The maximum atomic E-state index is 15.6. The molecule has 0 heterocycles. The molecule has 0 bridgehead atoms. The van der Waals surface area contributed by atoms with Crippen molar-refractivity contribution >= 4 is 7.82 Å². The van der Waals surface area contributed by atoms with E-state index in [1.807, 2.05) is 166 Å². The molecule has 0 aromatic heterocycles. The van der Waals surface area contributed by atoms with Crippen LogP contribution in [0.1, 0.15) is 87.5 Å². The molecule has 9 rings (SSSR count). The van der Waals surface area contributed by atoms with E-state index in [-0.39, 0.29) is 17.2 Å². The zero-order valence-corrected chi connectivity index (χ0v) is 41.7. The lowest BCUT2D eigenvalue weighted by Gasteiger charge is -2.34. The summed E-state index contributed by atoms with van der Waals surface area (Å²) in [6.07, 6.45) is 0. The Bertz CT molecular complexity index is 2770. The Kier molecular flexibility index (Phi) is 14.2. The predicted molar refractivity (Wildman–Crippen MR) is 282 cm³/mol. The van der Waals surface area contributed by atoms with Gasteiger partial charge in [-0.3, -0.25) is 0 Å². The maximum Gasteiger partial charge on any atom is 0.583 e. The topological polar surface area (TPSA) is 72.5 Å². The summed E-state index contributed by atoms with van der Waals surface area (Å²) in [5.74, 6) is 0.810. The zero-order chi connectivity index (χ0) is 49.5. The largest absolute Gasteiger partial charge is 0.583 e. The maximum absolute atomic E-state index is 15.6. The Morgan fingerprint density at radius 2 is 0.493 bits per heavy atom. The summed E-state index contributed by atoms with van der Waals surface area (Å²) in [6, 6.07) is 78.1. The van der Waals surface area contributed by atoms with Crippen molar-refractivity contribution in [3.63, 3.8) is 0 Å². The van der Waals surface area contributed by atoms with Gasteiger partial charge in [0.1, 0.15) is 0 Å². The van der Waals surface area contributed by atoms with Gasteiger partial charge in [-0.1, -0.05) is 249 Å². The second-order valence-corrected chi connectivity index (χ2v) is 19.8. The molecular weight excluding hydrogens is 900 g/mol. The van der Waals surface area contributed by atoms with Crippen LogP contribution in [0.5, 0.6) is 17.2 Å². The van der Waals surface area contributed by atoms with Crippen LogP contribution in [-0.2, 0) is 34.8 Å². The fourth-order valence-corrected chi connectivity index (χ4v) is 10.3. The lowest BCUT2D eigenvalue weighted by atomic mass is 9.70. The van der Waals surface area contributed by atoms with E-state index in [0.717, 1.165) is 66.8 Å². The van der Waals surface area contributed by atoms with Crippen LogP contribution in [0, 0.1) is 20.8 Å². The molecule has 0 saturated heterocycles. The molecule has 0 radical (unpaired) electrons. The standard InChI is InChI=1S/C63H57O7P/c1-46-37-40-58(55(43-46)61(4,49-25-13-7-14-26-49)50-27-15-8-16-28-50)65-68-71(64,69-66-59-41-38-47(2)44-56(59)62(5,51-29-17-9-18-30-51)52-31-19-10-20-32-52)70-67-60-42-39-48(3)45-57(60)63(6,53-33-21-11-22-34-53)54-35-23-12-24-36-54/h7-45H,1-6H3. The predicted octanol–water partition coefficient (Wildman–Crippen LogP) is 16.1. The van der Waals surface area contributed by atoms with Crippen molar-refractivity contribution in [2.75, 3.05) is 0 Å². The van der Waals surface area contributed by atoms with E-state index in [2.05, 4.69) is 93.6 Å². The SMILES string of the molecule is Cc1ccc(OOP(=O)(OOc2ccc(C)cc2C(C)(c2ccccc2)c2ccccc2)OOc2ccc(C)cc2C(C)(c2ccccc2)c2ccccc2)c(C(C)(c2ccccc2)c2ccccc2)c1. The molecular formula is C63H57O7P. The lowest BCUT2D eigenvalue weighted by Crippen LogP contribution is -2.27. The van der Waals surface area contributed by atoms with Gasteiger partial charge in [-0.25, -0.2) is 4.57 Å². The quantitative estimate of drug-likeness (QED) is 0.0367. The number of hydrogen-bond acceptors (Lipinski definition) is 7. The van der Waals surface area contributed by atoms with Gasteiger partial charge in [-0.2, -0.15) is 0 Å². The third kappa shape index (κ3) is 9.96. The number of hydrogen-bond donors (Lipinski definition) is 0. The summed E-state index contributed by atoms with van der Waals surface area (Å²) in [4.78, 5) is 18.8. The number of benzene rings is 9. The average molecular weight is 957 g/mol. The van der Waals surface area contributed by atoms with Crippen LogP contribution in [0.2, 0.25) is 0 Å². The molecule has 0 fully saturated rings. The summed E-state index contributed by atoms with van der Waals surface area (Å²) < 4.78 is 33.6. The summed E-state index contributed by atoms with van der Waals surface area (Å²) in [5.41, 5.74) is 8.88. The van der Waals surface area contributed by atoms with Gasteiger partial charge in [0.15, 0.2) is 17.2 Å². The van der Waals surface area contributed by atoms with Gasteiger partial charge in [0.2, 0.25) is 0 Å². The highest BCUT2D eigenvalue weighted by Gasteiger charge is 2.42. The Morgan fingerprint density at radius 3 is 0.690 bits per heavy atom. The van der Waals surface area contributed by atoms with Crippen molar-refractivity contribution in [2.45, 2.75) is 57.8 Å². The molecule has 0 spiro atoms. The zero-order valence-electron chi connectivity index (χ0n) is 40.8. The van der Waals surface area contributed by atoms with E-state index in [9.17, 15) is 0 Å². The summed E-state index contributed by atoms with van der Waals surface area (Å²) in [5, 5.41) is 0. The van der Waals surface area contributed by atoms with Crippen molar-refractivity contribution in [3.05, 3.63) is 303 Å². The van der Waals surface area contributed by atoms with Crippen LogP contribution >= 0.6 is 7.82 Å². The van der Waals surface area contributed by atoms with Gasteiger partial charge >= 0.3 is 7.82 Å². The fourth-order valence-electron chi connectivity index (χ4n) is 9.68. The van der Waals surface area contributed by atoms with Crippen molar-refractivity contribution in [1.82, 2.24) is 0 Å². The van der Waals surface area contributed by atoms with Crippen LogP contribution in [0.15, 0.2) is 237 Å². The molecule has 0 atom stereocenters. The normalized spacial score (nSPS) is 12.0. The minimum Gasteiger partial charge on any atom is -0.327 e. The van der Waals surface area contributed by atoms with Crippen LogP contribution in [0.4, 0.5) is 0 Å². The van der Waals surface area contributed by atoms with Gasteiger partial charge in [-0.05, 0) is 93.1 Å². The fraction of sp³-hybridized carbons (Fsp3) is 0.143. The molecule has 0 unspecified atom stereocenters.